The van der Waals surface area contributed by atoms with Gasteiger partial charge in [0.1, 0.15) is 4.84 Å². The van der Waals surface area contributed by atoms with Crippen LogP contribution in [0.4, 0.5) is 0 Å². The molecule has 0 aliphatic carbocycles. The third kappa shape index (κ3) is 12.9. The smallest absolute Gasteiger partial charge is 0.147 e. The summed E-state index contributed by atoms with van der Waals surface area (Å²) < 4.78 is 0. The third-order valence-corrected chi connectivity index (χ3v) is 3.49. The van der Waals surface area contributed by atoms with Gasteiger partial charge in [0.25, 0.3) is 0 Å². The van der Waals surface area contributed by atoms with Crippen LogP contribution in [-0.4, -0.2) is 26.5 Å². The van der Waals surface area contributed by atoms with Crippen molar-refractivity contribution in [3.8, 4) is 0 Å². The van der Waals surface area contributed by atoms with Crippen LogP contribution in [0.15, 0.2) is 0 Å². The van der Waals surface area contributed by atoms with Gasteiger partial charge >= 0.3 is 0 Å². The van der Waals surface area contributed by atoms with Crippen molar-refractivity contribution in [1.29, 1.82) is 0 Å². The van der Waals surface area contributed by atoms with Gasteiger partial charge in [-0.05, 0) is 0 Å². The van der Waals surface area contributed by atoms with Gasteiger partial charge in [0.05, 0.1) is 5.38 Å². The standard InChI is InChI=1S/C3H4Cl3.Al.3ClH.2H/c1-2(4)3(5)6;;;;;;/h2-3H,1H2;;3*1H;;. The topological polar surface area (TPSA) is 0 Å². The molecular formula is C3H9AlCl6. The Hall–Kier alpha value is 2.27. The summed E-state index contributed by atoms with van der Waals surface area (Å²) in [6.45, 7) is 0. The maximum Gasteiger partial charge on any atom is 0.214 e. The Kier molecular flexibility index (Phi) is 31.5. The van der Waals surface area contributed by atoms with E-state index in [0.29, 0.717) is 0 Å². The highest BCUT2D eigenvalue weighted by atomic mass is 35.5. The van der Waals surface area contributed by atoms with E-state index in [9.17, 15) is 0 Å². The van der Waals surface area contributed by atoms with Gasteiger partial charge in [-0.25, -0.2) is 0 Å². The van der Waals surface area contributed by atoms with Crippen molar-refractivity contribution < 1.29 is 0 Å². The molecule has 0 aromatic heterocycles. The molecule has 0 saturated heterocycles. The molecule has 0 spiro atoms. The molecule has 1 unspecified atom stereocenters. The lowest BCUT2D eigenvalue weighted by molar-refractivity contribution is 1.04. The van der Waals surface area contributed by atoms with Gasteiger partial charge in [0.15, 0.2) is 0 Å². The van der Waals surface area contributed by atoms with Crippen LogP contribution >= 0.6 is 72.0 Å². The van der Waals surface area contributed by atoms with Crippen LogP contribution in [0.25, 0.3) is 0 Å². The summed E-state index contributed by atoms with van der Waals surface area (Å²) in [4.78, 5) is -0.390. The molecule has 0 nitrogen and oxygen atoms in total. The summed E-state index contributed by atoms with van der Waals surface area (Å²) in [6.07, 6.45) is 0. The minimum atomic E-state index is -0.390. The first-order chi connectivity index (χ1) is 3.18. The second-order valence-corrected chi connectivity index (χ2v) is 3.80. The van der Waals surface area contributed by atoms with Crippen LogP contribution in [0.5, 0.6) is 0 Å². The fourth-order valence-electron chi connectivity index (χ4n) is 0.178. The molecule has 1 atom stereocenters. The van der Waals surface area contributed by atoms with Crippen LogP contribution in [0.3, 0.4) is 0 Å². The third-order valence-electron chi connectivity index (χ3n) is 0.663. The van der Waals surface area contributed by atoms with Crippen LogP contribution < -0.4 is 0 Å². The molecule has 0 bridgehead atoms. The Labute approximate surface area is 103 Å². The highest BCUT2D eigenvalue weighted by Crippen LogP contribution is 2.15. The summed E-state index contributed by atoms with van der Waals surface area (Å²) in [5.74, 6) is 0. The van der Waals surface area contributed by atoms with Crippen LogP contribution in [0, 0.1) is 0 Å². The largest absolute Gasteiger partial charge is 0.214 e. The van der Waals surface area contributed by atoms with E-state index in [1.807, 2.05) is 0 Å². The van der Waals surface area contributed by atoms with Crippen molar-refractivity contribution in [1.82, 2.24) is 0 Å². The van der Waals surface area contributed by atoms with Gasteiger partial charge in [-0.15, -0.1) is 72.0 Å². The highest BCUT2D eigenvalue weighted by Gasteiger charge is 2.08. The first-order valence-electron chi connectivity index (χ1n) is 2.10. The van der Waals surface area contributed by atoms with Crippen molar-refractivity contribution in [2.24, 2.45) is 0 Å². The average molecular weight is 285 g/mol. The molecule has 7 heteroatoms. The molecule has 0 aromatic carbocycles. The minimum absolute atomic E-state index is 0. The molecule has 0 fully saturated rings. The second-order valence-electron chi connectivity index (χ2n) is 1.26. The lowest BCUT2D eigenvalue weighted by atomic mass is 10.5. The predicted octanol–water partition coefficient (Wildman–Crippen LogP) is 2.71. The fraction of sp³-hybridized carbons (Fsp3) is 1.00. The molecule has 10 heavy (non-hydrogen) atoms. The number of hydrogen-bond donors (Lipinski definition) is 0. The number of alkyl halides is 3. The SMILES string of the molecule is Cl.Cl.Cl.[AlH2][CH2]C(Cl)C(Cl)Cl. The normalized spacial score (nSPS) is 10.4. The summed E-state index contributed by atoms with van der Waals surface area (Å²) in [5.41, 5.74) is 0. The van der Waals surface area contributed by atoms with Crippen LogP contribution in [0.1, 0.15) is 0 Å². The molecule has 0 aliphatic rings. The molecule has 0 saturated carbocycles. The van der Waals surface area contributed by atoms with E-state index in [4.69, 9.17) is 34.8 Å². The highest BCUT2D eigenvalue weighted by molar-refractivity contribution is 6.49. The van der Waals surface area contributed by atoms with Crippen molar-refractivity contribution >= 4 is 88.3 Å². The monoisotopic (exact) mass is 282 g/mol. The van der Waals surface area contributed by atoms with E-state index < -0.39 is 0 Å². The van der Waals surface area contributed by atoms with E-state index in [1.54, 1.807) is 0 Å². The number of halogens is 6. The van der Waals surface area contributed by atoms with E-state index >= 15 is 0 Å². The van der Waals surface area contributed by atoms with Crippen molar-refractivity contribution in [2.45, 2.75) is 15.5 Å². The van der Waals surface area contributed by atoms with Crippen molar-refractivity contribution in [3.63, 3.8) is 0 Å². The van der Waals surface area contributed by atoms with Gasteiger partial charge in [-0.3, -0.25) is 0 Å². The Morgan fingerprint density at radius 2 is 1.30 bits per heavy atom. The Morgan fingerprint density at radius 1 is 1.00 bits per heavy atom. The molecular weight excluding hydrogens is 276 g/mol. The zero-order valence-corrected chi connectivity index (χ0v) is 11.9. The Balaban J connectivity index is -0.0000000600. The Bertz CT molecular complexity index is 50.3. The van der Waals surface area contributed by atoms with E-state index in [0.717, 1.165) is 21.6 Å². The molecule has 0 radical (unpaired) electrons. The summed E-state index contributed by atoms with van der Waals surface area (Å²) >= 11 is 17.4. The van der Waals surface area contributed by atoms with E-state index in [2.05, 4.69) is 0 Å². The first kappa shape index (κ1) is 22.8. The minimum Gasteiger partial charge on any atom is -0.147 e. The summed E-state index contributed by atoms with van der Waals surface area (Å²) in [6, 6.07) is 0. The zero-order valence-electron chi connectivity index (χ0n) is 5.22. The average Bonchev–Trinajstić information content (AvgIpc) is 1.65. The van der Waals surface area contributed by atoms with Gasteiger partial charge < -0.3 is 0 Å². The molecule has 0 aliphatic heterocycles. The van der Waals surface area contributed by atoms with Crippen LogP contribution in [0.2, 0.25) is 5.28 Å². The molecule has 0 heterocycles. The molecule has 0 N–H and O–H groups in total. The number of hydrogen-bond acceptors (Lipinski definition) is 0. The zero-order chi connectivity index (χ0) is 5.86. The van der Waals surface area contributed by atoms with Crippen molar-refractivity contribution in [2.75, 3.05) is 0 Å². The predicted molar refractivity (Wildman–Crippen MR) is 60.2 cm³/mol. The summed E-state index contributed by atoms with van der Waals surface area (Å²) in [7, 11) is 0. The molecule has 0 aromatic rings. The lowest BCUT2D eigenvalue weighted by Crippen LogP contribution is -2.06. The number of rotatable bonds is 2. The Morgan fingerprint density at radius 3 is 1.30 bits per heavy atom. The van der Waals surface area contributed by atoms with Gasteiger partial charge in [-0.2, -0.15) is 0 Å². The van der Waals surface area contributed by atoms with Crippen LogP contribution in [-0.2, 0) is 0 Å². The maximum atomic E-state index is 5.57. The fourth-order valence-corrected chi connectivity index (χ4v) is 1.60. The van der Waals surface area contributed by atoms with Gasteiger partial charge in [-0.1, -0.05) is 5.28 Å². The quantitative estimate of drug-likeness (QED) is 0.540. The lowest BCUT2D eigenvalue weighted by Gasteiger charge is -2.03. The maximum absolute atomic E-state index is 5.57. The molecule has 0 amide bonds. The van der Waals surface area contributed by atoms with E-state index in [-0.39, 0.29) is 47.4 Å². The van der Waals surface area contributed by atoms with E-state index in [1.165, 1.54) is 0 Å². The summed E-state index contributed by atoms with van der Waals surface area (Å²) in [5, 5.41) is 0.925. The van der Waals surface area contributed by atoms with Gasteiger partial charge in [0.2, 0.25) is 16.3 Å². The second kappa shape index (κ2) is 13.8. The van der Waals surface area contributed by atoms with Crippen molar-refractivity contribution in [3.05, 3.63) is 0 Å². The molecule has 0 rings (SSSR count). The molecule has 66 valence electrons. The van der Waals surface area contributed by atoms with Gasteiger partial charge in [0, 0.05) is 0 Å². The first-order valence-corrected chi connectivity index (χ1v) is 4.83.